The third-order valence-electron chi connectivity index (χ3n) is 5.31. The molecule has 4 rings (SSSR count). The van der Waals surface area contributed by atoms with Crippen molar-refractivity contribution in [2.45, 2.75) is 46.7 Å². The number of hydrogen-bond donors (Lipinski definition) is 3. The van der Waals surface area contributed by atoms with Crippen molar-refractivity contribution >= 4 is 23.2 Å². The highest BCUT2D eigenvalue weighted by Gasteiger charge is 2.47. The number of aromatic nitrogens is 3. The van der Waals surface area contributed by atoms with Crippen molar-refractivity contribution in [2.75, 3.05) is 11.1 Å². The number of carbonyl (C=O) groups is 1. The maximum Gasteiger partial charge on any atom is 0.277 e. The maximum atomic E-state index is 13.3. The molecular formula is C21H28N6O2. The Kier molecular flexibility index (Phi) is 5.46. The van der Waals surface area contributed by atoms with E-state index in [0.717, 1.165) is 5.56 Å². The van der Waals surface area contributed by atoms with Crippen molar-refractivity contribution in [3.8, 4) is 0 Å². The molecular weight excluding hydrogens is 368 g/mol. The second kappa shape index (κ2) is 7.69. The van der Waals surface area contributed by atoms with Crippen LogP contribution in [0.2, 0.25) is 0 Å². The molecule has 1 aliphatic heterocycles. The van der Waals surface area contributed by atoms with Crippen LogP contribution in [-0.2, 0) is 5.66 Å². The van der Waals surface area contributed by atoms with Crippen LogP contribution >= 0.6 is 0 Å². The molecule has 4 N–H and O–H groups in total. The minimum absolute atomic E-state index is 0.225. The van der Waals surface area contributed by atoms with E-state index in [9.17, 15) is 9.59 Å². The van der Waals surface area contributed by atoms with Crippen LogP contribution in [0.5, 0.6) is 0 Å². The van der Waals surface area contributed by atoms with Crippen molar-refractivity contribution in [1.29, 1.82) is 0 Å². The molecule has 2 aliphatic rings. The minimum Gasteiger partial charge on any atom is -0.384 e. The average molecular weight is 396 g/mol. The molecule has 1 amide bonds. The van der Waals surface area contributed by atoms with Gasteiger partial charge >= 0.3 is 0 Å². The van der Waals surface area contributed by atoms with Gasteiger partial charge in [0.25, 0.3) is 11.5 Å². The van der Waals surface area contributed by atoms with Crippen molar-refractivity contribution in [1.82, 2.24) is 19.9 Å². The molecule has 2 atom stereocenters. The summed E-state index contributed by atoms with van der Waals surface area (Å²) in [5, 5.41) is 6.04. The Morgan fingerprint density at radius 2 is 2.00 bits per heavy atom. The van der Waals surface area contributed by atoms with Gasteiger partial charge in [-0.15, -0.1) is 0 Å². The molecule has 0 radical (unpaired) electrons. The smallest absolute Gasteiger partial charge is 0.277 e. The van der Waals surface area contributed by atoms with Gasteiger partial charge in [0.1, 0.15) is 35.0 Å². The third kappa shape index (κ3) is 3.50. The van der Waals surface area contributed by atoms with E-state index < -0.39 is 5.66 Å². The van der Waals surface area contributed by atoms with E-state index in [1.54, 1.807) is 16.7 Å². The number of aryl methyl sites for hydroxylation is 1. The highest BCUT2D eigenvalue weighted by Crippen LogP contribution is 2.39. The SMILES string of the molecule is CC.Cc1cc(Nc2cc(N)ncn2)c(=O)n2c1C(=O)NC21C=CC(C(C)C)C1. The van der Waals surface area contributed by atoms with Gasteiger partial charge in [-0.05, 0) is 36.5 Å². The predicted molar refractivity (Wildman–Crippen MR) is 114 cm³/mol. The molecule has 154 valence electrons. The van der Waals surface area contributed by atoms with Crippen LogP contribution in [0.4, 0.5) is 17.3 Å². The van der Waals surface area contributed by atoms with Crippen molar-refractivity contribution in [2.24, 2.45) is 11.8 Å². The summed E-state index contributed by atoms with van der Waals surface area (Å²) in [6, 6.07) is 3.22. The van der Waals surface area contributed by atoms with Gasteiger partial charge in [-0.3, -0.25) is 14.2 Å². The fourth-order valence-electron chi connectivity index (χ4n) is 3.88. The summed E-state index contributed by atoms with van der Waals surface area (Å²) >= 11 is 0. The topological polar surface area (TPSA) is 115 Å². The molecule has 2 unspecified atom stereocenters. The third-order valence-corrected chi connectivity index (χ3v) is 5.31. The van der Waals surface area contributed by atoms with Gasteiger partial charge < -0.3 is 16.4 Å². The Morgan fingerprint density at radius 1 is 1.28 bits per heavy atom. The summed E-state index contributed by atoms with van der Waals surface area (Å²) in [5.74, 6) is 1.21. The van der Waals surface area contributed by atoms with Gasteiger partial charge in [0.2, 0.25) is 0 Å². The fourth-order valence-corrected chi connectivity index (χ4v) is 3.88. The Morgan fingerprint density at radius 3 is 2.62 bits per heavy atom. The number of fused-ring (bicyclic) bond motifs is 2. The second-order valence-electron chi connectivity index (χ2n) is 7.53. The van der Waals surface area contributed by atoms with Crippen LogP contribution in [-0.4, -0.2) is 20.4 Å². The van der Waals surface area contributed by atoms with Gasteiger partial charge in [0.05, 0.1) is 0 Å². The lowest BCUT2D eigenvalue weighted by Crippen LogP contribution is -2.45. The van der Waals surface area contributed by atoms with Crippen molar-refractivity contribution in [3.63, 3.8) is 0 Å². The van der Waals surface area contributed by atoms with E-state index in [-0.39, 0.29) is 11.5 Å². The van der Waals surface area contributed by atoms with Crippen LogP contribution in [0.1, 0.15) is 50.2 Å². The molecule has 0 fully saturated rings. The summed E-state index contributed by atoms with van der Waals surface area (Å²) in [6.07, 6.45) is 6.02. The molecule has 8 heteroatoms. The lowest BCUT2D eigenvalue weighted by molar-refractivity contribution is 0.0932. The predicted octanol–water partition coefficient (Wildman–Crippen LogP) is 2.93. The zero-order valence-electron chi connectivity index (χ0n) is 17.5. The van der Waals surface area contributed by atoms with Gasteiger partial charge in [0, 0.05) is 12.5 Å². The molecule has 0 saturated heterocycles. The number of allylic oxidation sites excluding steroid dienone is 1. The zero-order chi connectivity index (χ0) is 21.3. The summed E-state index contributed by atoms with van der Waals surface area (Å²) < 4.78 is 1.58. The van der Waals surface area contributed by atoms with E-state index in [4.69, 9.17) is 5.73 Å². The van der Waals surface area contributed by atoms with Gasteiger partial charge in [-0.25, -0.2) is 9.97 Å². The van der Waals surface area contributed by atoms with E-state index in [2.05, 4.69) is 40.5 Å². The monoisotopic (exact) mass is 396 g/mol. The molecule has 8 nitrogen and oxygen atoms in total. The average Bonchev–Trinajstić information content (AvgIpc) is 3.23. The van der Waals surface area contributed by atoms with Crippen LogP contribution in [0.3, 0.4) is 0 Å². The zero-order valence-corrected chi connectivity index (χ0v) is 17.5. The molecule has 0 aromatic carbocycles. The minimum atomic E-state index is -0.814. The first-order valence-electron chi connectivity index (χ1n) is 9.94. The fraction of sp³-hybridized carbons (Fsp3) is 0.429. The van der Waals surface area contributed by atoms with E-state index in [1.807, 2.05) is 26.8 Å². The summed E-state index contributed by atoms with van der Waals surface area (Å²) in [5.41, 5.74) is 6.06. The molecule has 0 bridgehead atoms. The van der Waals surface area contributed by atoms with Gasteiger partial charge in [-0.2, -0.15) is 0 Å². The first-order chi connectivity index (χ1) is 13.8. The number of carbonyl (C=O) groups excluding carboxylic acids is 1. The number of nitrogens with one attached hydrogen (secondary N) is 2. The Labute approximate surface area is 170 Å². The quantitative estimate of drug-likeness (QED) is 0.687. The van der Waals surface area contributed by atoms with Gasteiger partial charge in [0.15, 0.2) is 0 Å². The van der Waals surface area contributed by atoms with E-state index in [1.165, 1.54) is 6.33 Å². The van der Waals surface area contributed by atoms with Crippen LogP contribution in [0.25, 0.3) is 0 Å². The summed E-state index contributed by atoms with van der Waals surface area (Å²) in [4.78, 5) is 33.9. The first-order valence-corrected chi connectivity index (χ1v) is 9.94. The molecule has 1 spiro atoms. The number of amides is 1. The largest absolute Gasteiger partial charge is 0.384 e. The number of nitrogens with two attached hydrogens (primary N) is 1. The number of nitrogens with zero attached hydrogens (tertiary/aromatic N) is 3. The summed E-state index contributed by atoms with van der Waals surface area (Å²) in [6.45, 7) is 10.1. The standard InChI is InChI=1S/C19H22N6O2.C2H6/c1-10(2)12-4-5-19(8-12)24-17(26)16-11(3)6-13(18(27)25(16)19)23-15-7-14(20)21-9-22-15;1-2/h4-7,9-10,12H,8H2,1-3H3,(H,24,26)(H3,20,21,22,23);1-2H3. The van der Waals surface area contributed by atoms with Gasteiger partial charge in [-0.1, -0.05) is 33.8 Å². The van der Waals surface area contributed by atoms with Crippen LogP contribution < -0.4 is 21.9 Å². The number of anilines is 3. The Hall–Kier alpha value is -3.16. The second-order valence-corrected chi connectivity index (χ2v) is 7.53. The lowest BCUT2D eigenvalue weighted by Gasteiger charge is -2.27. The van der Waals surface area contributed by atoms with Crippen LogP contribution in [0.15, 0.2) is 35.4 Å². The Bertz CT molecular complexity index is 1030. The van der Waals surface area contributed by atoms with Crippen molar-refractivity contribution in [3.05, 3.63) is 52.2 Å². The molecule has 1 aliphatic carbocycles. The first kappa shape index (κ1) is 20.6. The number of pyridine rings is 1. The summed E-state index contributed by atoms with van der Waals surface area (Å²) in [7, 11) is 0. The maximum absolute atomic E-state index is 13.3. The van der Waals surface area contributed by atoms with E-state index in [0.29, 0.717) is 41.3 Å². The van der Waals surface area contributed by atoms with Crippen molar-refractivity contribution < 1.29 is 4.79 Å². The number of nitrogen functional groups attached to an aromatic ring is 1. The lowest BCUT2D eigenvalue weighted by atomic mass is 9.93. The van der Waals surface area contributed by atoms with E-state index >= 15 is 0 Å². The van der Waals surface area contributed by atoms with Crippen LogP contribution in [0, 0.1) is 18.8 Å². The molecule has 0 saturated carbocycles. The molecule has 3 heterocycles. The number of hydrogen-bond acceptors (Lipinski definition) is 6. The number of rotatable bonds is 3. The normalized spacial score (nSPS) is 21.7. The molecule has 2 aromatic rings. The highest BCUT2D eigenvalue weighted by atomic mass is 16.2. The molecule has 2 aromatic heterocycles. The molecule has 29 heavy (non-hydrogen) atoms. The Balaban J connectivity index is 0.00000117. The highest BCUT2D eigenvalue weighted by molar-refractivity contribution is 5.97.